The molecule has 0 spiro atoms. The highest BCUT2D eigenvalue weighted by Crippen LogP contribution is 2.13. The number of aryl methyl sites for hydroxylation is 1. The maximum atomic E-state index is 11.0. The van der Waals surface area contributed by atoms with Crippen LogP contribution in [0.2, 0.25) is 0 Å². The summed E-state index contributed by atoms with van der Waals surface area (Å²) in [6.45, 7) is 1.30. The number of nitrogens with zero attached hydrogens (tertiary/aromatic N) is 2. The van der Waals surface area contributed by atoms with Crippen molar-refractivity contribution in [1.29, 1.82) is 0 Å². The Morgan fingerprint density at radius 1 is 1.67 bits per heavy atom. The highest BCUT2D eigenvalue weighted by Gasteiger charge is 2.16. The second-order valence-corrected chi connectivity index (χ2v) is 3.97. The van der Waals surface area contributed by atoms with Crippen LogP contribution in [0.3, 0.4) is 0 Å². The number of aromatic carboxylic acids is 1. The van der Waals surface area contributed by atoms with Crippen molar-refractivity contribution in [3.63, 3.8) is 0 Å². The van der Waals surface area contributed by atoms with Crippen LogP contribution in [0, 0.1) is 0 Å². The van der Waals surface area contributed by atoms with Crippen LogP contribution in [-0.2, 0) is 11.8 Å². The number of carboxylic acid groups (broad SMARTS) is 1. The van der Waals surface area contributed by atoms with Crippen LogP contribution in [0.4, 0.5) is 5.69 Å². The van der Waals surface area contributed by atoms with Gasteiger partial charge in [-0.25, -0.2) is 4.79 Å². The van der Waals surface area contributed by atoms with Gasteiger partial charge in [0.15, 0.2) is 10.8 Å². The minimum absolute atomic E-state index is 0.0658. The first kappa shape index (κ1) is 14.4. The molecule has 0 aliphatic rings. The second kappa shape index (κ2) is 6.92. The number of carbonyl (C=O) groups is 1. The molecular formula is C10H16N4O3S. The number of methoxy groups -OCH3 is 1. The van der Waals surface area contributed by atoms with Crippen molar-refractivity contribution in [1.82, 2.24) is 15.1 Å². The van der Waals surface area contributed by atoms with Crippen molar-refractivity contribution in [2.75, 3.05) is 25.6 Å². The third-order valence-corrected chi connectivity index (χ3v) is 2.45. The van der Waals surface area contributed by atoms with Gasteiger partial charge >= 0.3 is 5.97 Å². The van der Waals surface area contributed by atoms with Crippen molar-refractivity contribution in [3.8, 4) is 0 Å². The molecule has 0 aliphatic carbocycles. The summed E-state index contributed by atoms with van der Waals surface area (Å²) in [5.74, 6) is -1.06. The molecule has 0 aliphatic heterocycles. The highest BCUT2D eigenvalue weighted by atomic mass is 32.1. The van der Waals surface area contributed by atoms with Crippen molar-refractivity contribution in [2.24, 2.45) is 7.05 Å². The predicted octanol–water partition coefficient (Wildman–Crippen LogP) is 0.441. The second-order valence-electron chi connectivity index (χ2n) is 3.56. The first-order valence-corrected chi connectivity index (χ1v) is 5.76. The first-order valence-electron chi connectivity index (χ1n) is 5.35. The van der Waals surface area contributed by atoms with Gasteiger partial charge in [0.2, 0.25) is 0 Å². The summed E-state index contributed by atoms with van der Waals surface area (Å²) in [6, 6.07) is 0. The van der Waals surface area contributed by atoms with Crippen LogP contribution >= 0.6 is 12.2 Å². The Bertz CT molecular complexity index is 433. The molecule has 0 saturated carbocycles. The van der Waals surface area contributed by atoms with Crippen LogP contribution in [0.1, 0.15) is 16.9 Å². The van der Waals surface area contributed by atoms with Crippen LogP contribution < -0.4 is 10.6 Å². The number of aromatic nitrogens is 2. The molecule has 100 valence electrons. The topological polar surface area (TPSA) is 88.4 Å². The molecule has 1 heterocycles. The minimum Gasteiger partial charge on any atom is -0.476 e. The van der Waals surface area contributed by atoms with E-state index in [0.717, 1.165) is 6.42 Å². The van der Waals surface area contributed by atoms with Gasteiger partial charge in [-0.05, 0) is 18.6 Å². The lowest BCUT2D eigenvalue weighted by Crippen LogP contribution is -2.30. The van der Waals surface area contributed by atoms with Crippen LogP contribution in [0.15, 0.2) is 6.20 Å². The number of ether oxygens (including phenoxy) is 1. The first-order chi connectivity index (χ1) is 8.56. The van der Waals surface area contributed by atoms with Gasteiger partial charge in [0.1, 0.15) is 0 Å². The minimum atomic E-state index is -1.06. The van der Waals surface area contributed by atoms with Gasteiger partial charge in [-0.1, -0.05) is 0 Å². The molecule has 0 bridgehead atoms. The fourth-order valence-electron chi connectivity index (χ4n) is 1.37. The lowest BCUT2D eigenvalue weighted by Gasteiger charge is -2.09. The summed E-state index contributed by atoms with van der Waals surface area (Å²) in [7, 11) is 3.19. The van der Waals surface area contributed by atoms with E-state index in [1.807, 2.05) is 0 Å². The lowest BCUT2D eigenvalue weighted by molar-refractivity contribution is 0.0686. The summed E-state index contributed by atoms with van der Waals surface area (Å²) < 4.78 is 6.18. The highest BCUT2D eigenvalue weighted by molar-refractivity contribution is 7.80. The Balaban J connectivity index is 2.52. The molecule has 0 fully saturated rings. The number of hydrogen-bond donors (Lipinski definition) is 3. The van der Waals surface area contributed by atoms with Gasteiger partial charge in [-0.2, -0.15) is 5.10 Å². The van der Waals surface area contributed by atoms with E-state index in [4.69, 9.17) is 22.1 Å². The third kappa shape index (κ3) is 3.97. The maximum absolute atomic E-state index is 11.0. The third-order valence-electron chi connectivity index (χ3n) is 2.20. The fourth-order valence-corrected chi connectivity index (χ4v) is 1.58. The normalized spacial score (nSPS) is 10.1. The molecule has 18 heavy (non-hydrogen) atoms. The van der Waals surface area contributed by atoms with E-state index in [9.17, 15) is 4.79 Å². The molecular weight excluding hydrogens is 256 g/mol. The number of rotatable bonds is 6. The summed E-state index contributed by atoms with van der Waals surface area (Å²) in [5.41, 5.74) is 0.435. The smallest absolute Gasteiger partial charge is 0.356 e. The zero-order valence-corrected chi connectivity index (χ0v) is 11.1. The monoisotopic (exact) mass is 272 g/mol. The zero-order valence-electron chi connectivity index (χ0n) is 10.3. The molecule has 0 radical (unpaired) electrons. The van der Waals surface area contributed by atoms with E-state index in [0.29, 0.717) is 24.0 Å². The van der Waals surface area contributed by atoms with Crippen LogP contribution in [0.5, 0.6) is 0 Å². The van der Waals surface area contributed by atoms with E-state index < -0.39 is 5.97 Å². The van der Waals surface area contributed by atoms with Crippen molar-refractivity contribution in [3.05, 3.63) is 11.9 Å². The zero-order chi connectivity index (χ0) is 13.5. The molecule has 1 rings (SSSR count). The number of hydrogen-bond acceptors (Lipinski definition) is 4. The van der Waals surface area contributed by atoms with E-state index in [-0.39, 0.29) is 5.69 Å². The van der Waals surface area contributed by atoms with Gasteiger partial charge in [-0.3, -0.25) is 4.68 Å². The van der Waals surface area contributed by atoms with Gasteiger partial charge in [0, 0.05) is 27.3 Å². The Morgan fingerprint density at radius 2 is 2.39 bits per heavy atom. The Hall–Kier alpha value is -1.67. The van der Waals surface area contributed by atoms with Gasteiger partial charge in [0.25, 0.3) is 0 Å². The maximum Gasteiger partial charge on any atom is 0.356 e. The molecule has 8 heteroatoms. The average molecular weight is 272 g/mol. The molecule has 0 unspecified atom stereocenters. The standard InChI is InChI=1S/C10H16N4O3S/c1-14-8(9(15)16)7(6-12-14)13-10(18)11-4-3-5-17-2/h6H,3-5H2,1-2H3,(H,15,16)(H2,11,13,18). The van der Waals surface area contributed by atoms with E-state index >= 15 is 0 Å². The van der Waals surface area contributed by atoms with E-state index in [1.165, 1.54) is 10.9 Å². The van der Waals surface area contributed by atoms with Gasteiger partial charge < -0.3 is 20.5 Å². The lowest BCUT2D eigenvalue weighted by atomic mass is 10.3. The average Bonchev–Trinajstić information content (AvgIpc) is 2.66. The van der Waals surface area contributed by atoms with Crippen molar-refractivity contribution >= 4 is 29.0 Å². The van der Waals surface area contributed by atoms with Crippen molar-refractivity contribution in [2.45, 2.75) is 6.42 Å². The predicted molar refractivity (Wildman–Crippen MR) is 70.9 cm³/mol. The summed E-state index contributed by atoms with van der Waals surface area (Å²) in [5, 5.41) is 19.0. The van der Waals surface area contributed by atoms with E-state index in [1.54, 1.807) is 14.2 Å². The molecule has 0 atom stereocenters. The summed E-state index contributed by atoms with van der Waals surface area (Å²) in [6.07, 6.45) is 2.24. The Kier molecular flexibility index (Phi) is 5.53. The van der Waals surface area contributed by atoms with Gasteiger partial charge in [-0.15, -0.1) is 0 Å². The number of thiocarbonyl (C=S) groups is 1. The molecule has 7 nitrogen and oxygen atoms in total. The van der Waals surface area contributed by atoms with Crippen LogP contribution in [-0.4, -0.2) is 46.2 Å². The van der Waals surface area contributed by atoms with Crippen LogP contribution in [0.25, 0.3) is 0 Å². The number of carboxylic acids is 1. The largest absolute Gasteiger partial charge is 0.476 e. The Labute approximate surface area is 110 Å². The molecule has 0 saturated heterocycles. The van der Waals surface area contributed by atoms with Crippen molar-refractivity contribution < 1.29 is 14.6 Å². The molecule has 3 N–H and O–H groups in total. The van der Waals surface area contributed by atoms with Gasteiger partial charge in [0.05, 0.1) is 11.9 Å². The fraction of sp³-hybridized carbons (Fsp3) is 0.500. The summed E-state index contributed by atoms with van der Waals surface area (Å²) >= 11 is 5.05. The summed E-state index contributed by atoms with van der Waals surface area (Å²) in [4.78, 5) is 11.0. The molecule has 0 amide bonds. The number of anilines is 1. The quantitative estimate of drug-likeness (QED) is 0.511. The molecule has 0 aromatic carbocycles. The molecule has 1 aromatic heterocycles. The van der Waals surface area contributed by atoms with E-state index in [2.05, 4.69) is 15.7 Å². The SMILES string of the molecule is COCCCNC(=S)Nc1cnn(C)c1C(=O)O. The molecule has 1 aromatic rings. The number of nitrogens with one attached hydrogen (secondary N) is 2. The Morgan fingerprint density at radius 3 is 3.00 bits per heavy atom.